The zero-order valence-corrected chi connectivity index (χ0v) is 8.86. The molecule has 0 heterocycles. The average Bonchev–Trinajstić information content (AvgIpc) is 2.26. The van der Waals surface area contributed by atoms with Crippen molar-refractivity contribution in [1.82, 2.24) is 4.90 Å². The molecule has 0 bridgehead atoms. The van der Waals surface area contributed by atoms with Crippen molar-refractivity contribution in [3.05, 3.63) is 0 Å². The Morgan fingerprint density at radius 2 is 2.00 bits per heavy atom. The van der Waals surface area contributed by atoms with Gasteiger partial charge in [-0.25, -0.2) is 0 Å². The third kappa shape index (κ3) is 2.93. The Labute approximate surface area is 80.7 Å². The van der Waals surface area contributed by atoms with Gasteiger partial charge in [-0.05, 0) is 39.8 Å². The summed E-state index contributed by atoms with van der Waals surface area (Å²) in [5.74, 6) is 0. The summed E-state index contributed by atoms with van der Waals surface area (Å²) in [6.45, 7) is 0. The molecule has 1 fully saturated rings. The van der Waals surface area contributed by atoms with Gasteiger partial charge in [-0.15, -0.1) is 0 Å². The van der Waals surface area contributed by atoms with Crippen molar-refractivity contribution >= 4 is 0 Å². The molecule has 2 unspecified atom stereocenters. The van der Waals surface area contributed by atoms with Gasteiger partial charge >= 0.3 is 0 Å². The molecule has 0 aromatic carbocycles. The quantitative estimate of drug-likeness (QED) is 0.651. The number of aliphatic hydroxyl groups excluding tert-OH is 1. The highest BCUT2D eigenvalue weighted by atomic mass is 16.5. The smallest absolute Gasteiger partial charge is 0.0727 e. The number of likely N-dealkylation sites (N-methyl/N-ethyl adjacent to an activating group) is 1. The van der Waals surface area contributed by atoms with Gasteiger partial charge in [0.25, 0.3) is 0 Å². The number of aliphatic hydroxyl groups is 1. The van der Waals surface area contributed by atoms with E-state index in [-0.39, 0.29) is 12.2 Å². The zero-order chi connectivity index (χ0) is 9.84. The fourth-order valence-corrected chi connectivity index (χ4v) is 2.11. The summed E-state index contributed by atoms with van der Waals surface area (Å²) in [5, 5.41) is 9.64. The third-order valence-electron chi connectivity index (χ3n) is 2.93. The van der Waals surface area contributed by atoms with E-state index in [9.17, 15) is 5.11 Å². The van der Waals surface area contributed by atoms with Crippen LogP contribution in [0, 0.1) is 0 Å². The van der Waals surface area contributed by atoms with Crippen molar-refractivity contribution in [3.63, 3.8) is 0 Å². The van der Waals surface area contributed by atoms with E-state index < -0.39 is 0 Å². The van der Waals surface area contributed by atoms with Gasteiger partial charge < -0.3 is 14.7 Å². The highest BCUT2D eigenvalue weighted by molar-refractivity contribution is 4.83. The fourth-order valence-electron chi connectivity index (χ4n) is 2.11. The molecule has 0 amide bonds. The van der Waals surface area contributed by atoms with Crippen LogP contribution in [0.25, 0.3) is 0 Å². The maximum atomic E-state index is 9.64. The summed E-state index contributed by atoms with van der Waals surface area (Å²) >= 11 is 0. The third-order valence-corrected chi connectivity index (χ3v) is 2.93. The van der Waals surface area contributed by atoms with E-state index in [1.165, 1.54) is 0 Å². The Morgan fingerprint density at radius 1 is 1.31 bits per heavy atom. The molecule has 78 valence electrons. The maximum absolute atomic E-state index is 9.64. The van der Waals surface area contributed by atoms with E-state index in [2.05, 4.69) is 19.0 Å². The lowest BCUT2D eigenvalue weighted by molar-refractivity contribution is 0.0170. The van der Waals surface area contributed by atoms with Crippen LogP contribution in [0.1, 0.15) is 25.7 Å². The lowest BCUT2D eigenvalue weighted by atomic mass is 10.0. The van der Waals surface area contributed by atoms with Gasteiger partial charge in [-0.3, -0.25) is 0 Å². The van der Waals surface area contributed by atoms with Crippen LogP contribution in [0.2, 0.25) is 0 Å². The Bertz CT molecular complexity index is 150. The molecule has 1 rings (SSSR count). The maximum Gasteiger partial charge on any atom is 0.0727 e. The molecule has 0 aliphatic heterocycles. The molecule has 1 aliphatic carbocycles. The van der Waals surface area contributed by atoms with Crippen LogP contribution >= 0.6 is 0 Å². The Balaban J connectivity index is 2.60. The highest BCUT2D eigenvalue weighted by Gasteiger charge is 2.28. The summed E-state index contributed by atoms with van der Waals surface area (Å²) < 4.78 is 5.44. The van der Waals surface area contributed by atoms with Crippen molar-refractivity contribution in [2.75, 3.05) is 21.2 Å². The van der Waals surface area contributed by atoms with E-state index in [4.69, 9.17) is 4.74 Å². The van der Waals surface area contributed by atoms with Gasteiger partial charge in [0.15, 0.2) is 0 Å². The van der Waals surface area contributed by atoms with E-state index in [0.29, 0.717) is 6.04 Å². The Morgan fingerprint density at radius 3 is 2.54 bits per heavy atom. The van der Waals surface area contributed by atoms with E-state index in [1.807, 2.05) is 0 Å². The molecule has 0 aromatic heterocycles. The average molecular weight is 187 g/mol. The van der Waals surface area contributed by atoms with Gasteiger partial charge in [0.05, 0.1) is 12.2 Å². The summed E-state index contributed by atoms with van der Waals surface area (Å²) in [7, 11) is 5.86. The van der Waals surface area contributed by atoms with Crippen LogP contribution in [0.3, 0.4) is 0 Å². The predicted octanol–water partition coefficient (Wildman–Crippen LogP) is 0.867. The van der Waals surface area contributed by atoms with Crippen LogP contribution in [0.15, 0.2) is 0 Å². The molecule has 13 heavy (non-hydrogen) atoms. The van der Waals surface area contributed by atoms with Gasteiger partial charge in [-0.2, -0.15) is 0 Å². The highest BCUT2D eigenvalue weighted by Crippen LogP contribution is 2.23. The van der Waals surface area contributed by atoms with Crippen molar-refractivity contribution < 1.29 is 9.84 Å². The van der Waals surface area contributed by atoms with Crippen LogP contribution in [0.5, 0.6) is 0 Å². The van der Waals surface area contributed by atoms with Crippen LogP contribution in [-0.2, 0) is 4.74 Å². The minimum Gasteiger partial charge on any atom is -0.393 e. The lowest BCUT2D eigenvalue weighted by Crippen LogP contribution is -2.40. The predicted molar refractivity (Wildman–Crippen MR) is 52.7 cm³/mol. The summed E-state index contributed by atoms with van der Waals surface area (Å²) in [5.41, 5.74) is 0. The summed E-state index contributed by atoms with van der Waals surface area (Å²) in [4.78, 5) is 2.16. The fraction of sp³-hybridized carbons (Fsp3) is 1.00. The van der Waals surface area contributed by atoms with E-state index in [0.717, 1.165) is 25.7 Å². The number of methoxy groups -OCH3 is 1. The number of hydrogen-bond donors (Lipinski definition) is 1. The lowest BCUT2D eigenvalue weighted by Gasteiger charge is -2.30. The molecule has 1 aliphatic rings. The molecular formula is C10H21NO2. The van der Waals surface area contributed by atoms with Crippen LogP contribution in [-0.4, -0.2) is 49.5 Å². The molecule has 3 atom stereocenters. The molecule has 3 heteroatoms. The largest absolute Gasteiger partial charge is 0.393 e. The van der Waals surface area contributed by atoms with Gasteiger partial charge in [0, 0.05) is 13.2 Å². The molecule has 1 N–H and O–H groups in total. The van der Waals surface area contributed by atoms with E-state index in [1.54, 1.807) is 7.11 Å². The first kappa shape index (κ1) is 11.0. The molecule has 0 saturated heterocycles. The number of nitrogens with zero attached hydrogens (tertiary/aromatic N) is 1. The second-order valence-corrected chi connectivity index (χ2v) is 4.13. The van der Waals surface area contributed by atoms with Gasteiger partial charge in [0.2, 0.25) is 0 Å². The van der Waals surface area contributed by atoms with Crippen molar-refractivity contribution in [2.45, 2.75) is 43.9 Å². The van der Waals surface area contributed by atoms with Crippen molar-refractivity contribution in [3.8, 4) is 0 Å². The van der Waals surface area contributed by atoms with Gasteiger partial charge in [0.1, 0.15) is 0 Å². The summed E-state index contributed by atoms with van der Waals surface area (Å²) in [6, 6.07) is 0.363. The Kier molecular flexibility index (Phi) is 4.16. The monoisotopic (exact) mass is 187 g/mol. The van der Waals surface area contributed by atoms with Crippen molar-refractivity contribution in [2.24, 2.45) is 0 Å². The number of rotatable bonds is 2. The minimum absolute atomic E-state index is 0.146. The zero-order valence-electron chi connectivity index (χ0n) is 8.86. The normalized spacial score (nSPS) is 36.2. The van der Waals surface area contributed by atoms with Gasteiger partial charge in [-0.1, -0.05) is 0 Å². The first-order chi connectivity index (χ1) is 6.15. The van der Waals surface area contributed by atoms with Crippen LogP contribution in [0.4, 0.5) is 0 Å². The molecule has 3 nitrogen and oxygen atoms in total. The Hall–Kier alpha value is -0.120. The second-order valence-electron chi connectivity index (χ2n) is 4.13. The molecule has 0 spiro atoms. The standard InChI is InChI=1S/C10H21NO2/c1-11(2)9-7-8(12)5-4-6-10(9)13-3/h8-10,12H,4-7H2,1-3H3/t8-,9?,10?/m1/s1. The topological polar surface area (TPSA) is 32.7 Å². The molecule has 0 radical (unpaired) electrons. The first-order valence-electron chi connectivity index (χ1n) is 5.02. The SMILES string of the molecule is COC1CCC[C@@H](O)CC1N(C)C. The molecule has 0 aromatic rings. The minimum atomic E-state index is -0.146. The molecule has 1 saturated carbocycles. The molecular weight excluding hydrogens is 166 g/mol. The second kappa shape index (κ2) is 4.94. The van der Waals surface area contributed by atoms with Crippen LogP contribution < -0.4 is 0 Å². The summed E-state index contributed by atoms with van der Waals surface area (Å²) in [6.07, 6.45) is 4.04. The number of hydrogen-bond acceptors (Lipinski definition) is 3. The van der Waals surface area contributed by atoms with Crippen molar-refractivity contribution in [1.29, 1.82) is 0 Å². The number of ether oxygens (including phenoxy) is 1. The van der Waals surface area contributed by atoms with E-state index >= 15 is 0 Å². The first-order valence-corrected chi connectivity index (χ1v) is 5.02.